The van der Waals surface area contributed by atoms with E-state index in [2.05, 4.69) is 34.7 Å². The molecule has 0 fully saturated rings. The van der Waals surface area contributed by atoms with Gasteiger partial charge in [-0.15, -0.1) is 0 Å². The largest absolute Gasteiger partial charge is 0.373 e. The Morgan fingerprint density at radius 3 is 3.10 bits per heavy atom. The summed E-state index contributed by atoms with van der Waals surface area (Å²) < 4.78 is 7.93. The zero-order valence-corrected chi connectivity index (χ0v) is 11.6. The molecule has 3 rings (SSSR count). The highest BCUT2D eigenvalue weighted by atomic mass is 16.5. The zero-order valence-electron chi connectivity index (χ0n) is 11.6. The number of imidazole rings is 1. The quantitative estimate of drug-likeness (QED) is 0.656. The lowest BCUT2D eigenvalue weighted by Crippen LogP contribution is -2.32. The van der Waals surface area contributed by atoms with E-state index in [1.807, 2.05) is 17.8 Å². The van der Waals surface area contributed by atoms with Crippen LogP contribution in [0.15, 0.2) is 36.7 Å². The van der Waals surface area contributed by atoms with Gasteiger partial charge in [-0.2, -0.15) is 0 Å². The third kappa shape index (κ3) is 2.47. The highest BCUT2D eigenvalue weighted by Crippen LogP contribution is 2.33. The first-order chi connectivity index (χ1) is 9.79. The summed E-state index contributed by atoms with van der Waals surface area (Å²) in [5, 5.41) is 0. The second-order valence-corrected chi connectivity index (χ2v) is 5.16. The molecule has 0 bridgehead atoms. The van der Waals surface area contributed by atoms with E-state index in [4.69, 9.17) is 10.6 Å². The molecule has 2 heterocycles. The highest BCUT2D eigenvalue weighted by Gasteiger charge is 2.26. The van der Waals surface area contributed by atoms with Crippen molar-refractivity contribution in [3.63, 3.8) is 0 Å². The van der Waals surface area contributed by atoms with Crippen molar-refractivity contribution in [3.05, 3.63) is 53.6 Å². The Hall–Kier alpha value is -1.69. The highest BCUT2D eigenvalue weighted by molar-refractivity contribution is 5.31. The van der Waals surface area contributed by atoms with E-state index in [1.165, 1.54) is 11.1 Å². The fourth-order valence-electron chi connectivity index (χ4n) is 2.85. The average Bonchev–Trinajstić information content (AvgIpc) is 2.91. The van der Waals surface area contributed by atoms with Crippen LogP contribution in [0.25, 0.3) is 0 Å². The van der Waals surface area contributed by atoms with Gasteiger partial charge in [-0.05, 0) is 17.5 Å². The van der Waals surface area contributed by atoms with Crippen molar-refractivity contribution < 1.29 is 4.74 Å². The van der Waals surface area contributed by atoms with Crippen LogP contribution in [0, 0.1) is 0 Å². The molecular formula is C15H20N4O. The number of hydrogen-bond acceptors (Lipinski definition) is 4. The van der Waals surface area contributed by atoms with Crippen molar-refractivity contribution in [1.82, 2.24) is 15.0 Å². The number of rotatable bonds is 4. The van der Waals surface area contributed by atoms with Gasteiger partial charge < -0.3 is 9.30 Å². The summed E-state index contributed by atoms with van der Waals surface area (Å²) in [6.45, 7) is 0.763. The minimum atomic E-state index is -0.0221. The number of ether oxygens (including phenoxy) is 1. The molecular weight excluding hydrogens is 252 g/mol. The second-order valence-electron chi connectivity index (χ2n) is 5.16. The Morgan fingerprint density at radius 2 is 2.35 bits per heavy atom. The number of hydrogen-bond donors (Lipinski definition) is 2. The molecule has 0 radical (unpaired) electrons. The maximum Gasteiger partial charge on any atom is 0.127 e. The lowest BCUT2D eigenvalue weighted by molar-refractivity contribution is 0.0284. The van der Waals surface area contributed by atoms with Crippen LogP contribution in [-0.2, 0) is 18.2 Å². The number of fused-ring (bicyclic) bond motifs is 1. The Balaban J connectivity index is 1.82. The van der Waals surface area contributed by atoms with Crippen LogP contribution in [0.5, 0.6) is 0 Å². The molecule has 5 nitrogen and oxygen atoms in total. The van der Waals surface area contributed by atoms with E-state index < -0.39 is 0 Å². The minimum absolute atomic E-state index is 0.0221. The predicted molar refractivity (Wildman–Crippen MR) is 76.7 cm³/mol. The fraction of sp³-hybridized carbons (Fsp3) is 0.400. The van der Waals surface area contributed by atoms with E-state index >= 15 is 0 Å². The maximum absolute atomic E-state index is 5.94. The Bertz CT molecular complexity index is 581. The molecule has 2 unspecified atom stereocenters. The van der Waals surface area contributed by atoms with E-state index in [-0.39, 0.29) is 12.1 Å². The van der Waals surface area contributed by atoms with Crippen LogP contribution in [0.4, 0.5) is 0 Å². The lowest BCUT2D eigenvalue weighted by Gasteiger charge is -2.29. The molecule has 1 aromatic heterocycles. The van der Waals surface area contributed by atoms with Gasteiger partial charge in [-0.25, -0.2) is 10.4 Å². The first-order valence-corrected chi connectivity index (χ1v) is 6.92. The standard InChI is InChI=1S/C15H20N4O/c1-19-8-7-17-15(19)13(18-16)10-14-12-5-3-2-4-11(12)6-9-20-14/h2-5,7-8,13-14,18H,6,9-10,16H2,1H3. The van der Waals surface area contributed by atoms with Crippen LogP contribution in [-0.4, -0.2) is 16.2 Å². The number of nitrogens with two attached hydrogens (primary N) is 1. The molecule has 0 saturated carbocycles. The van der Waals surface area contributed by atoms with Gasteiger partial charge in [0.2, 0.25) is 0 Å². The molecule has 1 aliphatic heterocycles. The number of nitrogens with one attached hydrogen (secondary N) is 1. The molecule has 3 N–H and O–H groups in total. The monoisotopic (exact) mass is 272 g/mol. The topological polar surface area (TPSA) is 65.1 Å². The summed E-state index contributed by atoms with van der Waals surface area (Å²) in [6, 6.07) is 8.44. The van der Waals surface area contributed by atoms with E-state index in [9.17, 15) is 0 Å². The molecule has 0 spiro atoms. The summed E-state index contributed by atoms with van der Waals surface area (Å²) >= 11 is 0. The van der Waals surface area contributed by atoms with Gasteiger partial charge in [0.1, 0.15) is 5.82 Å². The average molecular weight is 272 g/mol. The molecule has 106 valence electrons. The van der Waals surface area contributed by atoms with Gasteiger partial charge in [-0.3, -0.25) is 5.84 Å². The van der Waals surface area contributed by atoms with Crippen molar-refractivity contribution in [1.29, 1.82) is 0 Å². The summed E-state index contributed by atoms with van der Waals surface area (Å²) in [6.07, 6.45) is 5.54. The maximum atomic E-state index is 5.94. The molecule has 0 amide bonds. The van der Waals surface area contributed by atoms with Crippen LogP contribution in [0.2, 0.25) is 0 Å². The third-order valence-electron chi connectivity index (χ3n) is 3.91. The number of benzene rings is 1. The third-order valence-corrected chi connectivity index (χ3v) is 3.91. The molecule has 0 saturated heterocycles. The van der Waals surface area contributed by atoms with Crippen LogP contribution in [0.1, 0.15) is 35.5 Å². The molecule has 1 aliphatic rings. The summed E-state index contributed by atoms with van der Waals surface area (Å²) in [4.78, 5) is 4.37. The number of aryl methyl sites for hydroxylation is 1. The van der Waals surface area contributed by atoms with E-state index in [0.717, 1.165) is 25.3 Å². The number of hydrazine groups is 1. The summed E-state index contributed by atoms with van der Waals surface area (Å²) in [5.74, 6) is 6.64. The van der Waals surface area contributed by atoms with E-state index in [0.29, 0.717) is 0 Å². The van der Waals surface area contributed by atoms with Crippen molar-refractivity contribution in [2.75, 3.05) is 6.61 Å². The van der Waals surface area contributed by atoms with Crippen LogP contribution in [0.3, 0.4) is 0 Å². The number of nitrogens with zero attached hydrogens (tertiary/aromatic N) is 2. The van der Waals surface area contributed by atoms with Gasteiger partial charge in [0.15, 0.2) is 0 Å². The first-order valence-electron chi connectivity index (χ1n) is 6.92. The predicted octanol–water partition coefficient (Wildman–Crippen LogP) is 1.63. The molecule has 0 aliphatic carbocycles. The normalized spacial score (nSPS) is 19.6. The summed E-state index contributed by atoms with van der Waals surface area (Å²) in [5.41, 5.74) is 5.51. The zero-order chi connectivity index (χ0) is 13.9. The van der Waals surface area contributed by atoms with Gasteiger partial charge in [0.25, 0.3) is 0 Å². The van der Waals surface area contributed by atoms with Crippen LogP contribution >= 0.6 is 0 Å². The Labute approximate surface area is 118 Å². The Morgan fingerprint density at radius 1 is 1.50 bits per heavy atom. The van der Waals surface area contributed by atoms with Crippen molar-refractivity contribution in [2.24, 2.45) is 12.9 Å². The van der Waals surface area contributed by atoms with E-state index in [1.54, 1.807) is 6.20 Å². The molecule has 20 heavy (non-hydrogen) atoms. The van der Waals surface area contributed by atoms with Crippen molar-refractivity contribution >= 4 is 0 Å². The van der Waals surface area contributed by atoms with Gasteiger partial charge in [-0.1, -0.05) is 24.3 Å². The molecule has 2 atom stereocenters. The molecule has 1 aromatic carbocycles. The fourth-order valence-corrected chi connectivity index (χ4v) is 2.85. The second kappa shape index (κ2) is 5.75. The molecule has 2 aromatic rings. The minimum Gasteiger partial charge on any atom is -0.373 e. The van der Waals surface area contributed by atoms with Crippen molar-refractivity contribution in [3.8, 4) is 0 Å². The SMILES string of the molecule is Cn1ccnc1C(CC1OCCc2ccccc21)NN. The van der Waals surface area contributed by atoms with Crippen molar-refractivity contribution in [2.45, 2.75) is 25.0 Å². The van der Waals surface area contributed by atoms with Gasteiger partial charge in [0, 0.05) is 25.9 Å². The molecule has 5 heteroatoms. The lowest BCUT2D eigenvalue weighted by atomic mass is 9.93. The van der Waals surface area contributed by atoms with Crippen LogP contribution < -0.4 is 11.3 Å². The first kappa shape index (κ1) is 13.3. The van der Waals surface area contributed by atoms with Gasteiger partial charge in [0.05, 0.1) is 18.8 Å². The van der Waals surface area contributed by atoms with Gasteiger partial charge >= 0.3 is 0 Å². The smallest absolute Gasteiger partial charge is 0.127 e. The Kier molecular flexibility index (Phi) is 3.82. The summed E-state index contributed by atoms with van der Waals surface area (Å²) in [7, 11) is 1.97. The number of aromatic nitrogens is 2.